The Bertz CT molecular complexity index is 697. The highest BCUT2D eigenvalue weighted by Crippen LogP contribution is 2.64. The van der Waals surface area contributed by atoms with Crippen LogP contribution in [0.5, 0.6) is 11.5 Å². The number of hydrogen-bond donors (Lipinski definition) is 2. The predicted molar refractivity (Wildman–Crippen MR) is 91.5 cm³/mol. The molecule has 130 valence electrons. The lowest BCUT2D eigenvalue weighted by Crippen LogP contribution is -2.67. The van der Waals surface area contributed by atoms with Crippen molar-refractivity contribution >= 4 is 0 Å². The molecule has 1 aromatic rings. The minimum absolute atomic E-state index is 0.158. The summed E-state index contributed by atoms with van der Waals surface area (Å²) in [6.45, 7) is 7.00. The van der Waals surface area contributed by atoms with Gasteiger partial charge in [-0.15, -0.1) is 0 Å². The third-order valence-corrected chi connectivity index (χ3v) is 6.23. The Hall–Kier alpha value is -1.52. The molecule has 0 amide bonds. The minimum Gasteiger partial charge on any atom is -0.504 e. The first-order valence-electron chi connectivity index (χ1n) is 9.05. The Labute approximate surface area is 143 Å². The average molecular weight is 330 g/mol. The van der Waals surface area contributed by atoms with Gasteiger partial charge in [-0.3, -0.25) is 0 Å². The fourth-order valence-corrected chi connectivity index (χ4v) is 5.53. The van der Waals surface area contributed by atoms with Gasteiger partial charge in [0.1, 0.15) is 17.8 Å². The number of benzene rings is 1. The molecule has 1 aromatic carbocycles. The van der Waals surface area contributed by atoms with E-state index in [1.54, 1.807) is 6.07 Å². The normalized spacial score (nSPS) is 38.8. The Balaban J connectivity index is 2.07. The van der Waals surface area contributed by atoms with Crippen molar-refractivity contribution in [2.75, 3.05) is 6.61 Å². The molecule has 0 fully saturated rings. The van der Waals surface area contributed by atoms with E-state index in [0.717, 1.165) is 24.8 Å². The molecule has 1 heterocycles. The van der Waals surface area contributed by atoms with E-state index < -0.39 is 23.2 Å². The van der Waals surface area contributed by atoms with Gasteiger partial charge in [0.2, 0.25) is 0 Å². The van der Waals surface area contributed by atoms with Crippen LogP contribution in [-0.2, 0) is 16.6 Å². The molecular weight excluding hydrogens is 304 g/mol. The average Bonchev–Trinajstić information content (AvgIpc) is 2.91. The molecular formula is C20H26O4. The van der Waals surface area contributed by atoms with Crippen molar-refractivity contribution in [2.45, 2.75) is 63.3 Å². The number of phenols is 1. The molecule has 0 aromatic heterocycles. The van der Waals surface area contributed by atoms with Crippen molar-refractivity contribution in [3.8, 4) is 11.5 Å². The van der Waals surface area contributed by atoms with Crippen LogP contribution in [0.3, 0.4) is 0 Å². The van der Waals surface area contributed by atoms with Crippen molar-refractivity contribution in [1.29, 1.82) is 0 Å². The van der Waals surface area contributed by atoms with Gasteiger partial charge < -0.3 is 19.7 Å². The molecule has 3 aliphatic rings. The van der Waals surface area contributed by atoms with E-state index in [-0.39, 0.29) is 11.7 Å². The Kier molecular flexibility index (Phi) is 3.49. The lowest BCUT2D eigenvalue weighted by Gasteiger charge is -2.57. The molecule has 0 spiro atoms. The lowest BCUT2D eigenvalue weighted by atomic mass is 9.51. The quantitative estimate of drug-likeness (QED) is 0.833. The summed E-state index contributed by atoms with van der Waals surface area (Å²) >= 11 is 0. The number of ether oxygens (including phenoxy) is 2. The van der Waals surface area contributed by atoms with Crippen LogP contribution in [0.2, 0.25) is 0 Å². The maximum absolute atomic E-state index is 10.7. The Morgan fingerprint density at radius 1 is 1.33 bits per heavy atom. The van der Waals surface area contributed by atoms with Crippen molar-refractivity contribution in [3.05, 3.63) is 35.4 Å². The zero-order valence-corrected chi connectivity index (χ0v) is 14.6. The van der Waals surface area contributed by atoms with E-state index in [4.69, 9.17) is 9.47 Å². The van der Waals surface area contributed by atoms with Crippen LogP contribution in [0.15, 0.2) is 24.3 Å². The summed E-state index contributed by atoms with van der Waals surface area (Å²) in [4.78, 5) is 0. The fourth-order valence-electron chi connectivity index (χ4n) is 5.53. The highest BCUT2D eigenvalue weighted by molar-refractivity contribution is 5.63. The molecule has 0 radical (unpaired) electrons. The molecule has 1 aliphatic heterocycles. The van der Waals surface area contributed by atoms with Crippen molar-refractivity contribution in [3.63, 3.8) is 0 Å². The zero-order valence-electron chi connectivity index (χ0n) is 14.6. The standard InChI is InChI=1S/C20H26O4/c1-4-9-19-16-13-6-7-14(21)17(16)24-18(19)15(22)8-10-20(19,23-5-2)12(3)11-13/h6-8,10,12,15,18,21-22H,4-5,9,11H2,1-3H3/t12-,15?,18+,19+,20-/m1/s1. The topological polar surface area (TPSA) is 58.9 Å². The van der Waals surface area contributed by atoms with Gasteiger partial charge in [0.25, 0.3) is 0 Å². The highest BCUT2D eigenvalue weighted by Gasteiger charge is 2.69. The highest BCUT2D eigenvalue weighted by atomic mass is 16.5. The zero-order chi connectivity index (χ0) is 17.1. The summed E-state index contributed by atoms with van der Waals surface area (Å²) in [5, 5.41) is 21.1. The monoisotopic (exact) mass is 330 g/mol. The van der Waals surface area contributed by atoms with Gasteiger partial charge in [-0.1, -0.05) is 38.5 Å². The van der Waals surface area contributed by atoms with Gasteiger partial charge in [0.05, 0.1) is 5.41 Å². The molecule has 4 rings (SSSR count). The molecule has 0 bridgehead atoms. The second kappa shape index (κ2) is 5.24. The van der Waals surface area contributed by atoms with Crippen molar-refractivity contribution in [1.82, 2.24) is 0 Å². The Morgan fingerprint density at radius 3 is 2.83 bits per heavy atom. The summed E-state index contributed by atoms with van der Waals surface area (Å²) in [5.41, 5.74) is 1.31. The summed E-state index contributed by atoms with van der Waals surface area (Å²) in [7, 11) is 0. The van der Waals surface area contributed by atoms with Crippen LogP contribution in [-0.4, -0.2) is 34.6 Å². The van der Waals surface area contributed by atoms with E-state index in [2.05, 4.69) is 19.9 Å². The van der Waals surface area contributed by atoms with Gasteiger partial charge in [0, 0.05) is 12.2 Å². The second-order valence-corrected chi connectivity index (χ2v) is 7.39. The first-order chi connectivity index (χ1) is 11.5. The molecule has 24 heavy (non-hydrogen) atoms. The van der Waals surface area contributed by atoms with Crippen LogP contribution in [0.4, 0.5) is 0 Å². The van der Waals surface area contributed by atoms with Crippen LogP contribution < -0.4 is 4.74 Å². The maximum atomic E-state index is 10.7. The number of rotatable bonds is 4. The van der Waals surface area contributed by atoms with Crippen LogP contribution >= 0.6 is 0 Å². The smallest absolute Gasteiger partial charge is 0.165 e. The minimum atomic E-state index is -0.699. The van der Waals surface area contributed by atoms with Crippen molar-refractivity contribution in [2.24, 2.45) is 5.92 Å². The lowest BCUT2D eigenvalue weighted by molar-refractivity contribution is -0.149. The van der Waals surface area contributed by atoms with Gasteiger partial charge in [-0.05, 0) is 37.3 Å². The molecule has 4 heteroatoms. The third-order valence-electron chi connectivity index (χ3n) is 6.23. The molecule has 0 saturated heterocycles. The van der Waals surface area contributed by atoms with E-state index in [0.29, 0.717) is 12.4 Å². The number of hydrogen-bond acceptors (Lipinski definition) is 4. The fraction of sp³-hybridized carbons (Fsp3) is 0.600. The molecule has 0 saturated carbocycles. The van der Waals surface area contributed by atoms with E-state index >= 15 is 0 Å². The SMILES string of the molecule is CCC[C@]12c3c4ccc(O)c3O[C@H]1C(O)C=C[C@@]2(OCC)[C@H](C)C4. The van der Waals surface area contributed by atoms with Gasteiger partial charge in [-0.2, -0.15) is 0 Å². The summed E-state index contributed by atoms with van der Waals surface area (Å²) < 4.78 is 12.6. The first kappa shape index (κ1) is 16.0. The molecule has 2 aliphatic carbocycles. The number of aliphatic hydroxyl groups is 1. The largest absolute Gasteiger partial charge is 0.504 e. The first-order valence-corrected chi connectivity index (χ1v) is 9.05. The number of aromatic hydroxyl groups is 1. The maximum Gasteiger partial charge on any atom is 0.165 e. The van der Waals surface area contributed by atoms with Crippen molar-refractivity contribution < 1.29 is 19.7 Å². The van der Waals surface area contributed by atoms with E-state index in [1.807, 2.05) is 19.1 Å². The van der Waals surface area contributed by atoms with Crippen LogP contribution in [0, 0.1) is 5.92 Å². The van der Waals surface area contributed by atoms with Gasteiger partial charge >= 0.3 is 0 Å². The van der Waals surface area contributed by atoms with E-state index in [9.17, 15) is 10.2 Å². The molecule has 2 N–H and O–H groups in total. The second-order valence-electron chi connectivity index (χ2n) is 7.39. The number of aliphatic hydroxyl groups excluding tert-OH is 1. The summed E-state index contributed by atoms with van der Waals surface area (Å²) in [5.74, 6) is 0.970. The van der Waals surface area contributed by atoms with Crippen LogP contribution in [0.1, 0.15) is 44.7 Å². The van der Waals surface area contributed by atoms with E-state index in [1.165, 1.54) is 5.56 Å². The molecule has 5 atom stereocenters. The molecule has 1 unspecified atom stereocenters. The molecule has 4 nitrogen and oxygen atoms in total. The van der Waals surface area contributed by atoms with Crippen LogP contribution in [0.25, 0.3) is 0 Å². The Morgan fingerprint density at radius 2 is 2.12 bits per heavy atom. The predicted octanol–water partition coefficient (Wildman–Crippen LogP) is 3.09. The van der Waals surface area contributed by atoms with Gasteiger partial charge in [0.15, 0.2) is 11.5 Å². The summed E-state index contributed by atoms with van der Waals surface area (Å²) in [6, 6.07) is 3.72. The summed E-state index contributed by atoms with van der Waals surface area (Å²) in [6.07, 6.45) is 5.46. The third kappa shape index (κ3) is 1.66. The number of phenolic OH excluding ortho intramolecular Hbond substituents is 1. The van der Waals surface area contributed by atoms with Gasteiger partial charge in [-0.25, -0.2) is 0 Å².